The highest BCUT2D eigenvalue weighted by Gasteiger charge is 2.17. The van der Waals surface area contributed by atoms with Crippen molar-refractivity contribution in [3.63, 3.8) is 0 Å². The van der Waals surface area contributed by atoms with Crippen molar-refractivity contribution in [1.82, 2.24) is 20.0 Å². The molecule has 1 N–H and O–H groups in total. The van der Waals surface area contributed by atoms with Crippen LogP contribution in [0.2, 0.25) is 0 Å². The van der Waals surface area contributed by atoms with E-state index in [0.29, 0.717) is 35.9 Å². The van der Waals surface area contributed by atoms with Crippen LogP contribution in [-0.2, 0) is 6.54 Å². The van der Waals surface area contributed by atoms with Gasteiger partial charge in [0.25, 0.3) is 5.91 Å². The number of amides is 1. The molecule has 0 radical (unpaired) electrons. The zero-order valence-corrected chi connectivity index (χ0v) is 17.0. The van der Waals surface area contributed by atoms with Gasteiger partial charge in [0.2, 0.25) is 0 Å². The first kappa shape index (κ1) is 19.5. The number of nitrogens with one attached hydrogen (secondary N) is 1. The maximum absolute atomic E-state index is 12.5. The first-order valence-electron chi connectivity index (χ1n) is 9.50. The minimum atomic E-state index is -0.311. The largest absolute Gasteiger partial charge is 0.497 e. The van der Waals surface area contributed by atoms with Crippen molar-refractivity contribution in [3.05, 3.63) is 60.0 Å². The van der Waals surface area contributed by atoms with Gasteiger partial charge in [-0.25, -0.2) is 4.98 Å². The Kier molecular flexibility index (Phi) is 5.38. The first-order valence-corrected chi connectivity index (χ1v) is 9.50. The summed E-state index contributed by atoms with van der Waals surface area (Å²) in [5, 5.41) is 6.78. The third kappa shape index (κ3) is 3.71. The summed E-state index contributed by atoms with van der Waals surface area (Å²) in [6.45, 7) is 2.99. The molecule has 2 aromatic carbocycles. The molecule has 0 atom stereocenters. The molecule has 2 aromatic heterocycles. The van der Waals surface area contributed by atoms with Gasteiger partial charge in [0.15, 0.2) is 11.5 Å². The number of methoxy groups -OCH3 is 2. The second-order valence-corrected chi connectivity index (χ2v) is 6.70. The molecule has 0 saturated heterocycles. The van der Waals surface area contributed by atoms with E-state index < -0.39 is 0 Å². The molecule has 30 heavy (non-hydrogen) atoms. The minimum Gasteiger partial charge on any atom is -0.497 e. The van der Waals surface area contributed by atoms with Gasteiger partial charge in [-0.3, -0.25) is 4.79 Å². The van der Waals surface area contributed by atoms with Crippen LogP contribution in [0.1, 0.15) is 16.3 Å². The topological polar surface area (TPSA) is 91.4 Å². The number of para-hydroxylation sites is 2. The fraction of sp³-hybridized carbons (Fsp3) is 0.227. The van der Waals surface area contributed by atoms with Crippen molar-refractivity contribution in [2.75, 3.05) is 20.8 Å². The predicted molar refractivity (Wildman–Crippen MR) is 112 cm³/mol. The van der Waals surface area contributed by atoms with Crippen molar-refractivity contribution >= 4 is 16.9 Å². The number of ether oxygens (including phenoxy) is 2. The monoisotopic (exact) mass is 406 g/mol. The normalized spacial score (nSPS) is 10.9. The lowest BCUT2D eigenvalue weighted by molar-refractivity contribution is 0.0943. The summed E-state index contributed by atoms with van der Waals surface area (Å²) < 4.78 is 18.1. The molecule has 154 valence electrons. The maximum atomic E-state index is 12.5. The Morgan fingerprint density at radius 2 is 1.97 bits per heavy atom. The number of hydrogen-bond acceptors (Lipinski definition) is 6. The molecule has 4 rings (SSSR count). The first-order chi connectivity index (χ1) is 14.6. The molecule has 0 fully saturated rings. The molecule has 0 spiro atoms. The molecular formula is C22H22N4O4. The lowest BCUT2D eigenvalue weighted by Gasteiger charge is -2.08. The van der Waals surface area contributed by atoms with Crippen LogP contribution in [0, 0.1) is 6.92 Å². The SMILES string of the molecule is COc1ccc(OC)c(-c2cc(C(=O)NCCn3c(C)nc4ccccc43)no2)c1. The van der Waals surface area contributed by atoms with E-state index in [1.807, 2.05) is 31.2 Å². The lowest BCUT2D eigenvalue weighted by atomic mass is 10.1. The molecular weight excluding hydrogens is 384 g/mol. The highest BCUT2D eigenvalue weighted by atomic mass is 16.5. The smallest absolute Gasteiger partial charge is 0.273 e. The second kappa shape index (κ2) is 8.28. The van der Waals surface area contributed by atoms with E-state index in [2.05, 4.69) is 20.0 Å². The van der Waals surface area contributed by atoms with Gasteiger partial charge < -0.3 is 23.9 Å². The van der Waals surface area contributed by atoms with Crippen LogP contribution in [0.5, 0.6) is 11.5 Å². The molecule has 1 amide bonds. The summed E-state index contributed by atoms with van der Waals surface area (Å²) in [4.78, 5) is 17.1. The zero-order chi connectivity index (χ0) is 21.1. The van der Waals surface area contributed by atoms with Crippen molar-refractivity contribution in [2.24, 2.45) is 0 Å². The molecule has 0 aliphatic heterocycles. The summed E-state index contributed by atoms with van der Waals surface area (Å²) in [7, 11) is 3.15. The van der Waals surface area contributed by atoms with Crippen molar-refractivity contribution in [3.8, 4) is 22.8 Å². The van der Waals surface area contributed by atoms with E-state index in [9.17, 15) is 4.79 Å². The molecule has 8 heteroatoms. The highest BCUT2D eigenvalue weighted by molar-refractivity contribution is 5.93. The Bertz CT molecular complexity index is 1200. The Hall–Kier alpha value is -3.81. The van der Waals surface area contributed by atoms with Gasteiger partial charge in [0, 0.05) is 19.2 Å². The van der Waals surface area contributed by atoms with E-state index >= 15 is 0 Å². The number of aryl methyl sites for hydroxylation is 1. The average molecular weight is 406 g/mol. The summed E-state index contributed by atoms with van der Waals surface area (Å²) in [5.74, 6) is 2.26. The fourth-order valence-electron chi connectivity index (χ4n) is 3.37. The number of hydrogen-bond donors (Lipinski definition) is 1. The van der Waals surface area contributed by atoms with Crippen LogP contribution < -0.4 is 14.8 Å². The zero-order valence-electron chi connectivity index (χ0n) is 17.0. The summed E-state index contributed by atoms with van der Waals surface area (Å²) in [6.07, 6.45) is 0. The summed E-state index contributed by atoms with van der Waals surface area (Å²) >= 11 is 0. The highest BCUT2D eigenvalue weighted by Crippen LogP contribution is 2.33. The maximum Gasteiger partial charge on any atom is 0.273 e. The van der Waals surface area contributed by atoms with Crippen molar-refractivity contribution < 1.29 is 18.8 Å². The van der Waals surface area contributed by atoms with E-state index in [1.54, 1.807) is 38.5 Å². The molecule has 8 nitrogen and oxygen atoms in total. The van der Waals surface area contributed by atoms with Crippen LogP contribution in [0.3, 0.4) is 0 Å². The van der Waals surface area contributed by atoms with E-state index in [1.165, 1.54) is 0 Å². The number of carbonyl (C=O) groups is 1. The molecule has 2 heterocycles. The fourth-order valence-corrected chi connectivity index (χ4v) is 3.37. The van der Waals surface area contributed by atoms with Gasteiger partial charge in [-0.1, -0.05) is 17.3 Å². The summed E-state index contributed by atoms with van der Waals surface area (Å²) in [6, 6.07) is 14.8. The summed E-state index contributed by atoms with van der Waals surface area (Å²) in [5.41, 5.74) is 2.83. The molecule has 0 saturated carbocycles. The van der Waals surface area contributed by atoms with Gasteiger partial charge in [0.1, 0.15) is 17.3 Å². The predicted octanol–water partition coefficient (Wildman–Crippen LogP) is 3.45. The number of rotatable bonds is 7. The van der Waals surface area contributed by atoms with E-state index in [-0.39, 0.29) is 11.6 Å². The Morgan fingerprint density at radius 3 is 2.77 bits per heavy atom. The molecule has 0 bridgehead atoms. The lowest BCUT2D eigenvalue weighted by Crippen LogP contribution is -2.27. The molecule has 0 unspecified atom stereocenters. The Morgan fingerprint density at radius 1 is 1.13 bits per heavy atom. The number of imidazole rings is 1. The Balaban J connectivity index is 1.45. The van der Waals surface area contributed by atoms with Gasteiger partial charge in [-0.15, -0.1) is 0 Å². The molecule has 0 aliphatic rings. The van der Waals surface area contributed by atoms with Crippen LogP contribution in [0.4, 0.5) is 0 Å². The van der Waals surface area contributed by atoms with E-state index in [4.69, 9.17) is 14.0 Å². The number of nitrogens with zero attached hydrogens (tertiary/aromatic N) is 3. The van der Waals surface area contributed by atoms with E-state index in [0.717, 1.165) is 16.9 Å². The van der Waals surface area contributed by atoms with Crippen LogP contribution in [-0.4, -0.2) is 41.4 Å². The number of benzene rings is 2. The number of aromatic nitrogens is 3. The standard InChI is InChI=1S/C22H22N4O4/c1-14-24-17-6-4-5-7-19(17)26(14)11-10-23-22(27)18-13-21(30-25-18)16-12-15(28-2)8-9-20(16)29-3/h4-9,12-13H,10-11H2,1-3H3,(H,23,27). The van der Waals surface area contributed by atoms with Crippen molar-refractivity contribution in [1.29, 1.82) is 0 Å². The van der Waals surface area contributed by atoms with Gasteiger partial charge >= 0.3 is 0 Å². The third-order valence-electron chi connectivity index (χ3n) is 4.88. The second-order valence-electron chi connectivity index (χ2n) is 6.70. The van der Waals surface area contributed by atoms with Gasteiger partial charge in [0.05, 0.1) is 30.8 Å². The molecule has 4 aromatic rings. The van der Waals surface area contributed by atoms with Crippen LogP contribution in [0.25, 0.3) is 22.4 Å². The van der Waals surface area contributed by atoms with Gasteiger partial charge in [-0.05, 0) is 37.3 Å². The van der Waals surface area contributed by atoms with Gasteiger partial charge in [-0.2, -0.15) is 0 Å². The quantitative estimate of drug-likeness (QED) is 0.505. The number of carbonyl (C=O) groups excluding carboxylic acids is 1. The minimum absolute atomic E-state index is 0.196. The third-order valence-corrected chi connectivity index (χ3v) is 4.88. The number of fused-ring (bicyclic) bond motifs is 1. The average Bonchev–Trinajstić information content (AvgIpc) is 3.38. The van der Waals surface area contributed by atoms with Crippen LogP contribution >= 0.6 is 0 Å². The van der Waals surface area contributed by atoms with Crippen molar-refractivity contribution in [2.45, 2.75) is 13.5 Å². The Labute approximate surface area is 173 Å². The van der Waals surface area contributed by atoms with Crippen LogP contribution in [0.15, 0.2) is 53.1 Å². The molecule has 0 aliphatic carbocycles.